The minimum Gasteiger partial charge on any atom is -0.345 e. The zero-order chi connectivity index (χ0) is 29.1. The average molecular weight is 562 g/mol. The summed E-state index contributed by atoms with van der Waals surface area (Å²) in [4.78, 5) is 31.9. The molecule has 1 aliphatic carbocycles. The van der Waals surface area contributed by atoms with Crippen LogP contribution in [0.5, 0.6) is 0 Å². The van der Waals surface area contributed by atoms with Crippen molar-refractivity contribution in [3.63, 3.8) is 0 Å². The van der Waals surface area contributed by atoms with E-state index in [2.05, 4.69) is 37.1 Å². The van der Waals surface area contributed by atoms with E-state index in [4.69, 9.17) is 11.6 Å². The Morgan fingerprint density at radius 2 is 1.85 bits per heavy atom. The molecule has 208 valence electrons. The van der Waals surface area contributed by atoms with Gasteiger partial charge in [0.1, 0.15) is 10.8 Å². The summed E-state index contributed by atoms with van der Waals surface area (Å²) in [5, 5.41) is 4.71. The van der Waals surface area contributed by atoms with Crippen molar-refractivity contribution in [3.8, 4) is 16.9 Å². The highest BCUT2D eigenvalue weighted by atomic mass is 35.5. The van der Waals surface area contributed by atoms with Crippen molar-refractivity contribution in [2.24, 2.45) is 0 Å². The fourth-order valence-electron chi connectivity index (χ4n) is 5.14. The maximum atomic E-state index is 15.4. The third-order valence-electron chi connectivity index (χ3n) is 7.50. The van der Waals surface area contributed by atoms with Gasteiger partial charge in [-0.25, -0.2) is 4.39 Å². The van der Waals surface area contributed by atoms with Gasteiger partial charge in [-0.05, 0) is 93.8 Å². The number of rotatable bonds is 5. The molecule has 3 aromatic heterocycles. The molecule has 1 amide bonds. The second-order valence-corrected chi connectivity index (χ2v) is 12.1. The van der Waals surface area contributed by atoms with Crippen LogP contribution in [0.4, 0.5) is 4.39 Å². The average Bonchev–Trinajstić information content (AvgIpc) is 3.51. The number of amides is 1. The molecule has 1 saturated carbocycles. The molecule has 1 aromatic carbocycles. The summed E-state index contributed by atoms with van der Waals surface area (Å²) in [6.45, 7) is 10.0. The van der Waals surface area contributed by atoms with Crippen LogP contribution in [0.1, 0.15) is 71.8 Å². The summed E-state index contributed by atoms with van der Waals surface area (Å²) in [5.74, 6) is -0.690. The van der Waals surface area contributed by atoms with Gasteiger partial charge in [-0.3, -0.25) is 23.8 Å². The van der Waals surface area contributed by atoms with Crippen molar-refractivity contribution in [3.05, 3.63) is 98.1 Å². The van der Waals surface area contributed by atoms with Gasteiger partial charge in [-0.1, -0.05) is 17.7 Å². The Bertz CT molecular complexity index is 1700. The van der Waals surface area contributed by atoms with Crippen LogP contribution in [0, 0.1) is 19.7 Å². The lowest BCUT2D eigenvalue weighted by Gasteiger charge is -2.18. The first-order valence-electron chi connectivity index (χ1n) is 13.2. The molecule has 0 bridgehead atoms. The molecule has 0 radical (unpaired) electrons. The number of pyridine rings is 2. The number of hydrogen-bond acceptors (Lipinski definition) is 4. The molecule has 5 rings (SSSR count). The van der Waals surface area contributed by atoms with Gasteiger partial charge in [0.05, 0.1) is 28.7 Å². The third kappa shape index (κ3) is 4.85. The number of benzene rings is 1. The predicted octanol–water partition coefficient (Wildman–Crippen LogP) is 6.23. The van der Waals surface area contributed by atoms with Crippen LogP contribution < -0.4 is 5.56 Å². The van der Waals surface area contributed by atoms with Crippen molar-refractivity contribution in [1.29, 1.82) is 0 Å². The second kappa shape index (κ2) is 10.0. The molecular formula is C31H33ClFN5O2. The number of halogens is 2. The molecular weight excluding hydrogens is 529 g/mol. The highest BCUT2D eigenvalue weighted by Crippen LogP contribution is 2.56. The van der Waals surface area contributed by atoms with E-state index >= 15 is 4.39 Å². The highest BCUT2D eigenvalue weighted by molar-refractivity contribution is 6.31. The van der Waals surface area contributed by atoms with Gasteiger partial charge in [-0.15, -0.1) is 0 Å². The normalized spacial score (nSPS) is 16.7. The first-order chi connectivity index (χ1) is 18.8. The number of carbonyl (C=O) groups is 1. The van der Waals surface area contributed by atoms with Gasteiger partial charge in [0.2, 0.25) is 0 Å². The minimum atomic E-state index is -0.657. The lowest BCUT2D eigenvalue weighted by Crippen LogP contribution is -2.23. The quantitative estimate of drug-likeness (QED) is 0.289. The Morgan fingerprint density at radius 3 is 2.50 bits per heavy atom. The Kier molecular flexibility index (Phi) is 6.94. The molecule has 7 nitrogen and oxygen atoms in total. The monoisotopic (exact) mass is 561 g/mol. The van der Waals surface area contributed by atoms with Crippen LogP contribution in [0.25, 0.3) is 16.9 Å². The van der Waals surface area contributed by atoms with Gasteiger partial charge in [0.15, 0.2) is 0 Å². The van der Waals surface area contributed by atoms with Gasteiger partial charge in [-0.2, -0.15) is 5.10 Å². The molecule has 1 aliphatic rings. The summed E-state index contributed by atoms with van der Waals surface area (Å²) in [6.07, 6.45) is 6.48. The van der Waals surface area contributed by atoms with Crippen LogP contribution in [-0.4, -0.2) is 44.2 Å². The van der Waals surface area contributed by atoms with Crippen molar-refractivity contribution < 1.29 is 9.18 Å². The van der Waals surface area contributed by atoms with E-state index in [0.717, 1.165) is 28.8 Å². The van der Waals surface area contributed by atoms with E-state index < -0.39 is 11.7 Å². The van der Waals surface area contributed by atoms with Crippen LogP contribution in [0.3, 0.4) is 0 Å². The summed E-state index contributed by atoms with van der Waals surface area (Å²) in [5.41, 5.74) is 4.01. The molecule has 9 heteroatoms. The zero-order valence-electron chi connectivity index (χ0n) is 23.8. The van der Waals surface area contributed by atoms with Gasteiger partial charge >= 0.3 is 0 Å². The van der Waals surface area contributed by atoms with E-state index in [9.17, 15) is 9.59 Å². The SMILES string of the molecule is Cc1cnc(-c2cccc(C(=O)N(C)C)c2F)cc1-n1c(C)cc([C@@H]2CC2c2cnn(C(C)(C)C)c2)c(Cl)c1=O. The van der Waals surface area contributed by atoms with Crippen LogP contribution in [-0.2, 0) is 5.54 Å². The van der Waals surface area contributed by atoms with E-state index in [1.165, 1.54) is 11.0 Å². The first-order valence-corrected chi connectivity index (χ1v) is 13.6. The number of hydrogen-bond donors (Lipinski definition) is 0. The van der Waals surface area contributed by atoms with E-state index in [1.54, 1.807) is 43.1 Å². The molecule has 40 heavy (non-hydrogen) atoms. The van der Waals surface area contributed by atoms with Gasteiger partial charge in [0, 0.05) is 37.7 Å². The molecule has 0 aliphatic heterocycles. The molecule has 0 N–H and O–H groups in total. The summed E-state index contributed by atoms with van der Waals surface area (Å²) >= 11 is 6.73. The second-order valence-electron chi connectivity index (χ2n) is 11.8. The van der Waals surface area contributed by atoms with Crippen LogP contribution in [0.15, 0.2) is 53.7 Å². The summed E-state index contributed by atoms with van der Waals surface area (Å²) < 4.78 is 18.9. The Labute approximate surface area is 238 Å². The summed E-state index contributed by atoms with van der Waals surface area (Å²) in [7, 11) is 3.14. The van der Waals surface area contributed by atoms with Crippen molar-refractivity contribution in [1.82, 2.24) is 24.2 Å². The molecule has 3 heterocycles. The molecule has 2 atom stereocenters. The maximum absolute atomic E-state index is 15.4. The number of nitrogens with zero attached hydrogens (tertiary/aromatic N) is 5. The van der Waals surface area contributed by atoms with E-state index in [1.807, 2.05) is 30.8 Å². The number of aryl methyl sites for hydroxylation is 2. The Balaban J connectivity index is 1.52. The third-order valence-corrected chi connectivity index (χ3v) is 7.88. The number of carbonyl (C=O) groups excluding carboxylic acids is 1. The predicted molar refractivity (Wildman–Crippen MR) is 155 cm³/mol. The summed E-state index contributed by atoms with van der Waals surface area (Å²) in [6, 6.07) is 8.28. The molecule has 0 saturated heterocycles. The lowest BCUT2D eigenvalue weighted by molar-refractivity contribution is 0.0823. The fraction of sp³-hybridized carbons (Fsp3) is 0.355. The Morgan fingerprint density at radius 1 is 1.12 bits per heavy atom. The van der Waals surface area contributed by atoms with Gasteiger partial charge in [0.25, 0.3) is 11.5 Å². The van der Waals surface area contributed by atoms with Crippen LogP contribution >= 0.6 is 11.6 Å². The topological polar surface area (TPSA) is 73.0 Å². The van der Waals surface area contributed by atoms with Crippen LogP contribution in [0.2, 0.25) is 5.02 Å². The maximum Gasteiger partial charge on any atom is 0.274 e. The Hall–Kier alpha value is -3.78. The van der Waals surface area contributed by atoms with Crippen molar-refractivity contribution in [2.75, 3.05) is 14.1 Å². The minimum absolute atomic E-state index is 0.0424. The van der Waals surface area contributed by atoms with E-state index in [0.29, 0.717) is 11.4 Å². The largest absolute Gasteiger partial charge is 0.345 e. The smallest absolute Gasteiger partial charge is 0.274 e. The van der Waals surface area contributed by atoms with Gasteiger partial charge < -0.3 is 4.90 Å². The van der Waals surface area contributed by atoms with Crippen molar-refractivity contribution >= 4 is 17.5 Å². The molecule has 0 spiro atoms. The highest BCUT2D eigenvalue weighted by Gasteiger charge is 2.42. The first kappa shape index (κ1) is 27.8. The standard InChI is InChI=1S/C31H33ClFN5O2/c1-17-14-34-25(20-9-8-10-21(28(20)33)29(39)36(6)7)13-26(17)38-18(2)11-24(27(32)30(38)40)23-12-22(23)19-15-35-37(16-19)31(3,4)5/h8-11,13-16,22-23H,12H2,1-7H3/t22?,23-/m1/s1. The molecule has 4 aromatic rings. The zero-order valence-corrected chi connectivity index (χ0v) is 24.5. The molecule has 1 unspecified atom stereocenters. The lowest BCUT2D eigenvalue weighted by atomic mass is 10.0. The van der Waals surface area contributed by atoms with Crippen molar-refractivity contribution in [2.45, 2.75) is 58.4 Å². The number of aromatic nitrogens is 4. The fourth-order valence-corrected chi connectivity index (χ4v) is 5.42. The molecule has 1 fully saturated rings. The van der Waals surface area contributed by atoms with E-state index in [-0.39, 0.29) is 39.1 Å².